The average Bonchev–Trinajstić information content (AvgIpc) is 2.60. The molecule has 0 aromatic heterocycles. The van der Waals surface area contributed by atoms with Gasteiger partial charge in [-0.05, 0) is 44.6 Å². The quantitative estimate of drug-likeness (QED) is 0.196. The van der Waals surface area contributed by atoms with Crippen molar-refractivity contribution < 1.29 is 29.3 Å². The molecule has 1 unspecified atom stereocenters. The highest BCUT2D eigenvalue weighted by Crippen LogP contribution is 2.99. The van der Waals surface area contributed by atoms with E-state index in [0.29, 0.717) is 24.8 Å². The lowest BCUT2D eigenvalue weighted by Gasteiger charge is -2.39. The van der Waals surface area contributed by atoms with Crippen LogP contribution in [0.1, 0.15) is 57.4 Å². The summed E-state index contributed by atoms with van der Waals surface area (Å²) >= 11 is 0. The van der Waals surface area contributed by atoms with Crippen LogP contribution in [-0.4, -0.2) is 18.3 Å². The summed E-state index contributed by atoms with van der Waals surface area (Å²) < 4.78 is 71.7. The lowest BCUT2D eigenvalue weighted by molar-refractivity contribution is -0.0380. The molecular weight excluding hydrogens is 411 g/mol. The molecule has 0 amide bonds. The van der Waals surface area contributed by atoms with Crippen molar-refractivity contribution in [1.29, 1.82) is 0 Å². The van der Waals surface area contributed by atoms with Gasteiger partial charge in [0.2, 0.25) is 0 Å². The fourth-order valence-electron chi connectivity index (χ4n) is 3.05. The van der Waals surface area contributed by atoms with Crippen molar-refractivity contribution in [3.05, 3.63) is 46.9 Å². The molecule has 0 aliphatic rings. The van der Waals surface area contributed by atoms with Crippen LogP contribution in [0.5, 0.6) is 0 Å². The summed E-state index contributed by atoms with van der Waals surface area (Å²) in [5.74, 6) is 2.50. The zero-order chi connectivity index (χ0) is 22.1. The minimum Gasteiger partial charge on any atom is -0.396 e. The van der Waals surface area contributed by atoms with Gasteiger partial charge in [-0.1, -0.05) is 55.3 Å². The number of hydrogen-bond donors (Lipinski definition) is 1. The molecule has 0 aliphatic carbocycles. The SMILES string of the molecule is C#CCCCCOC(C)(C/C(=C/S(F)(F)(F)(F)F)CCCCO)c1ccccc1. The van der Waals surface area contributed by atoms with Gasteiger partial charge in [-0.3, -0.25) is 0 Å². The van der Waals surface area contributed by atoms with E-state index in [1.807, 2.05) is 0 Å². The van der Waals surface area contributed by atoms with E-state index in [1.54, 1.807) is 37.3 Å². The van der Waals surface area contributed by atoms with Gasteiger partial charge in [-0.2, -0.15) is 0 Å². The summed E-state index contributed by atoms with van der Waals surface area (Å²) in [7, 11) is -9.75. The molecule has 0 heterocycles. The van der Waals surface area contributed by atoms with E-state index in [4.69, 9.17) is 16.3 Å². The zero-order valence-corrected chi connectivity index (χ0v) is 17.4. The van der Waals surface area contributed by atoms with E-state index < -0.39 is 26.8 Å². The van der Waals surface area contributed by atoms with Gasteiger partial charge in [0.25, 0.3) is 0 Å². The third kappa shape index (κ3) is 11.3. The second-order valence-corrected chi connectivity index (χ2v) is 9.56. The third-order valence-corrected chi connectivity index (χ3v) is 5.16. The molecule has 0 fully saturated rings. The first-order valence-corrected chi connectivity index (χ1v) is 11.5. The topological polar surface area (TPSA) is 29.5 Å². The molecule has 2 nitrogen and oxygen atoms in total. The van der Waals surface area contributed by atoms with Crippen LogP contribution in [0.25, 0.3) is 0 Å². The van der Waals surface area contributed by atoms with Crippen molar-refractivity contribution >= 4 is 10.2 Å². The number of terminal acetylenes is 1. The Morgan fingerprint density at radius 2 is 1.76 bits per heavy atom. The Morgan fingerprint density at radius 3 is 2.31 bits per heavy atom. The number of hydrogen-bond acceptors (Lipinski definition) is 2. The van der Waals surface area contributed by atoms with E-state index in [1.165, 1.54) is 0 Å². The Labute approximate surface area is 169 Å². The van der Waals surface area contributed by atoms with Gasteiger partial charge in [0.1, 0.15) is 0 Å². The van der Waals surface area contributed by atoms with Crippen LogP contribution in [0.15, 0.2) is 41.3 Å². The maximum atomic E-state index is 13.2. The maximum Gasteiger partial charge on any atom is 0.304 e. The number of benzene rings is 1. The molecule has 0 spiro atoms. The molecule has 1 aromatic rings. The van der Waals surface area contributed by atoms with Gasteiger partial charge >= 0.3 is 10.2 Å². The fourth-order valence-corrected chi connectivity index (χ4v) is 3.89. The molecule has 0 saturated carbocycles. The lowest BCUT2D eigenvalue weighted by Crippen LogP contribution is -2.27. The molecule has 0 aliphatic heterocycles. The van der Waals surface area contributed by atoms with Crippen LogP contribution in [0.2, 0.25) is 0 Å². The van der Waals surface area contributed by atoms with Crippen LogP contribution in [0, 0.1) is 12.3 Å². The highest BCUT2D eigenvalue weighted by Gasteiger charge is 2.61. The first-order valence-electron chi connectivity index (χ1n) is 9.47. The molecule has 1 aromatic carbocycles. The van der Waals surface area contributed by atoms with Crippen molar-refractivity contribution in [2.75, 3.05) is 13.2 Å². The summed E-state index contributed by atoms with van der Waals surface area (Å²) in [5.41, 5.74) is -1.04. The second-order valence-electron chi connectivity index (χ2n) is 7.27. The van der Waals surface area contributed by atoms with Crippen LogP contribution in [-0.2, 0) is 10.3 Å². The van der Waals surface area contributed by atoms with Crippen LogP contribution in [0.4, 0.5) is 19.4 Å². The summed E-state index contributed by atoms with van der Waals surface area (Å²) in [4.78, 5) is 0. The molecule has 8 heteroatoms. The number of aliphatic hydroxyl groups is 1. The van der Waals surface area contributed by atoms with E-state index in [2.05, 4.69) is 5.92 Å². The van der Waals surface area contributed by atoms with Crippen molar-refractivity contribution in [2.45, 2.75) is 57.5 Å². The summed E-state index contributed by atoms with van der Waals surface area (Å²) in [5, 5.41) is 8.10. The standard InChI is InChI=1S/C21H29F5O2S/c1-3-4-5-11-16-28-21(2,20-13-7-6-8-14-20)17-19(12-9-10-15-27)18-29(22,23,24,25)26/h1,6-8,13-14,18,27H,4-5,9-12,15-17H2,2H3/b19-18+. The number of aliphatic hydroxyl groups excluding tert-OH is 1. The monoisotopic (exact) mass is 440 g/mol. The molecule has 1 atom stereocenters. The predicted molar refractivity (Wildman–Crippen MR) is 109 cm³/mol. The fraction of sp³-hybridized carbons (Fsp3) is 0.524. The van der Waals surface area contributed by atoms with Gasteiger partial charge in [0.15, 0.2) is 0 Å². The van der Waals surface area contributed by atoms with Gasteiger partial charge in [-0.25, -0.2) is 0 Å². The number of ether oxygens (including phenoxy) is 1. The normalized spacial score (nSPS) is 17.1. The van der Waals surface area contributed by atoms with Crippen LogP contribution in [0.3, 0.4) is 0 Å². The largest absolute Gasteiger partial charge is 0.396 e. The van der Waals surface area contributed by atoms with Gasteiger partial charge in [0, 0.05) is 26.1 Å². The summed E-state index contributed by atoms with van der Waals surface area (Å²) in [6, 6.07) is 8.59. The molecule has 166 valence electrons. The molecule has 0 saturated heterocycles. The third-order valence-electron chi connectivity index (χ3n) is 4.38. The summed E-state index contributed by atoms with van der Waals surface area (Å²) in [6.45, 7) is 1.63. The Bertz CT molecular complexity index is 710. The highest BCUT2D eigenvalue weighted by atomic mass is 32.5. The van der Waals surface area contributed by atoms with Crippen molar-refractivity contribution in [3.63, 3.8) is 0 Å². The zero-order valence-electron chi connectivity index (χ0n) is 16.6. The minimum atomic E-state index is -9.75. The average molecular weight is 441 g/mol. The van der Waals surface area contributed by atoms with E-state index in [9.17, 15) is 19.4 Å². The maximum absolute atomic E-state index is 13.2. The Kier molecular flexibility index (Phi) is 8.35. The number of halogens is 5. The van der Waals surface area contributed by atoms with E-state index in [0.717, 1.165) is 0 Å². The lowest BCUT2D eigenvalue weighted by atomic mass is 9.87. The van der Waals surface area contributed by atoms with Crippen molar-refractivity contribution in [3.8, 4) is 12.3 Å². The molecule has 1 rings (SSSR count). The number of unbranched alkanes of at least 4 members (excludes halogenated alkanes) is 3. The van der Waals surface area contributed by atoms with Gasteiger partial charge < -0.3 is 9.84 Å². The Morgan fingerprint density at radius 1 is 1.10 bits per heavy atom. The molecular formula is C21H29F5O2S. The molecule has 1 N–H and O–H groups in total. The Hall–Kier alpha value is -1.56. The molecule has 29 heavy (non-hydrogen) atoms. The minimum absolute atomic E-state index is 0.170. The molecule has 0 radical (unpaired) electrons. The van der Waals surface area contributed by atoms with Crippen LogP contribution >= 0.6 is 10.2 Å². The first-order chi connectivity index (χ1) is 13.3. The van der Waals surface area contributed by atoms with Gasteiger partial charge in [0.05, 0.1) is 11.0 Å². The van der Waals surface area contributed by atoms with Gasteiger partial charge in [-0.15, -0.1) is 12.3 Å². The van der Waals surface area contributed by atoms with Crippen molar-refractivity contribution in [1.82, 2.24) is 0 Å². The highest BCUT2D eigenvalue weighted by molar-refractivity contribution is 8.48. The smallest absolute Gasteiger partial charge is 0.304 e. The van der Waals surface area contributed by atoms with Crippen molar-refractivity contribution in [2.24, 2.45) is 0 Å². The van der Waals surface area contributed by atoms with E-state index >= 15 is 0 Å². The summed E-state index contributed by atoms with van der Waals surface area (Å²) in [6.07, 6.45) is 6.94. The molecule has 0 bridgehead atoms. The predicted octanol–water partition coefficient (Wildman–Crippen LogP) is 7.46. The van der Waals surface area contributed by atoms with Crippen LogP contribution < -0.4 is 0 Å². The second kappa shape index (κ2) is 9.50. The van der Waals surface area contributed by atoms with E-state index in [-0.39, 0.29) is 38.9 Å². The Balaban J connectivity index is 3.16. The number of rotatable bonds is 13. The first kappa shape index (κ1) is 25.5.